The van der Waals surface area contributed by atoms with Crippen molar-refractivity contribution < 1.29 is 22.5 Å². The topological polar surface area (TPSA) is 111 Å². The number of aromatic nitrogens is 1. The highest BCUT2D eigenvalue weighted by molar-refractivity contribution is 7.92. The van der Waals surface area contributed by atoms with Gasteiger partial charge in [0, 0.05) is 11.3 Å². The summed E-state index contributed by atoms with van der Waals surface area (Å²) in [4.78, 5) is 13.1. The monoisotopic (exact) mass is 491 g/mol. The number of carbonyl (C=O) groups is 1. The van der Waals surface area contributed by atoms with E-state index in [1.54, 1.807) is 13.0 Å². The van der Waals surface area contributed by atoms with Crippen LogP contribution in [0.25, 0.3) is 11.3 Å². The molecule has 4 rings (SSSR count). The van der Waals surface area contributed by atoms with Gasteiger partial charge in [-0.05, 0) is 50.1 Å². The molecular weight excluding hydrogens is 466 g/mol. The number of anilines is 2. The average Bonchev–Trinajstić information content (AvgIpc) is 3.23. The lowest BCUT2D eigenvalue weighted by atomic mass is 10.1. The number of ether oxygens (including phenoxy) is 1. The molecule has 0 aliphatic rings. The molecule has 3 aromatic carbocycles. The van der Waals surface area contributed by atoms with E-state index in [-0.39, 0.29) is 21.9 Å². The Morgan fingerprint density at radius 3 is 2.29 bits per heavy atom. The molecule has 0 atom stereocenters. The first-order valence-corrected chi connectivity index (χ1v) is 12.3. The van der Waals surface area contributed by atoms with Gasteiger partial charge in [-0.3, -0.25) is 9.52 Å². The fraction of sp³-hybridized carbons (Fsp3) is 0.154. The number of benzene rings is 3. The lowest BCUT2D eigenvalue weighted by Gasteiger charge is -2.16. The van der Waals surface area contributed by atoms with Crippen molar-refractivity contribution in [1.29, 1.82) is 0 Å². The van der Waals surface area contributed by atoms with Crippen LogP contribution in [0.5, 0.6) is 5.75 Å². The van der Waals surface area contributed by atoms with Crippen molar-refractivity contribution >= 4 is 27.3 Å². The molecule has 0 radical (unpaired) electrons. The van der Waals surface area contributed by atoms with E-state index >= 15 is 0 Å². The van der Waals surface area contributed by atoms with Gasteiger partial charge in [0.15, 0.2) is 5.76 Å². The average molecular weight is 492 g/mol. The molecule has 4 aromatic rings. The molecule has 0 bridgehead atoms. The first kappa shape index (κ1) is 24.0. The van der Waals surface area contributed by atoms with Gasteiger partial charge in [0.05, 0.1) is 18.5 Å². The van der Waals surface area contributed by atoms with Crippen LogP contribution in [0, 0.1) is 20.8 Å². The van der Waals surface area contributed by atoms with Crippen LogP contribution in [0.1, 0.15) is 27.2 Å². The molecular formula is C26H25N3O5S. The Hall–Kier alpha value is -4.11. The van der Waals surface area contributed by atoms with Crippen molar-refractivity contribution in [3.05, 3.63) is 89.1 Å². The Kier molecular flexibility index (Phi) is 6.61. The van der Waals surface area contributed by atoms with Crippen LogP contribution in [0.3, 0.4) is 0 Å². The number of amides is 1. The number of aryl methyl sites for hydroxylation is 3. The number of sulfonamides is 1. The van der Waals surface area contributed by atoms with E-state index in [1.807, 2.05) is 62.4 Å². The molecule has 9 heteroatoms. The normalized spacial score (nSPS) is 11.2. The molecule has 0 saturated carbocycles. The molecule has 35 heavy (non-hydrogen) atoms. The fourth-order valence-electron chi connectivity index (χ4n) is 3.75. The number of rotatable bonds is 7. The van der Waals surface area contributed by atoms with Gasteiger partial charge < -0.3 is 14.6 Å². The summed E-state index contributed by atoms with van der Waals surface area (Å²) in [5.74, 6) is 0.00495. The first-order chi connectivity index (χ1) is 16.7. The van der Waals surface area contributed by atoms with Crippen LogP contribution in [-0.4, -0.2) is 26.6 Å². The molecule has 0 fully saturated rings. The van der Waals surface area contributed by atoms with E-state index in [4.69, 9.17) is 9.26 Å². The Morgan fingerprint density at radius 1 is 0.943 bits per heavy atom. The molecule has 1 amide bonds. The summed E-state index contributed by atoms with van der Waals surface area (Å²) in [6, 6.07) is 19.1. The largest absolute Gasteiger partial charge is 0.495 e. The van der Waals surface area contributed by atoms with E-state index < -0.39 is 15.9 Å². The zero-order valence-electron chi connectivity index (χ0n) is 19.7. The van der Waals surface area contributed by atoms with Crippen molar-refractivity contribution in [1.82, 2.24) is 5.16 Å². The van der Waals surface area contributed by atoms with Crippen LogP contribution >= 0.6 is 0 Å². The molecule has 1 aromatic heterocycles. The zero-order chi connectivity index (χ0) is 25.2. The molecule has 0 aliphatic heterocycles. The molecule has 0 spiro atoms. The van der Waals surface area contributed by atoms with Crippen LogP contribution < -0.4 is 14.8 Å². The van der Waals surface area contributed by atoms with Gasteiger partial charge in [-0.2, -0.15) is 0 Å². The van der Waals surface area contributed by atoms with Crippen molar-refractivity contribution in [2.24, 2.45) is 0 Å². The van der Waals surface area contributed by atoms with Crippen molar-refractivity contribution in [2.75, 3.05) is 17.1 Å². The summed E-state index contributed by atoms with van der Waals surface area (Å²) < 4.78 is 40.0. The van der Waals surface area contributed by atoms with Gasteiger partial charge in [0.1, 0.15) is 16.2 Å². The molecule has 180 valence electrons. The minimum absolute atomic E-state index is 0.106. The number of nitrogens with one attached hydrogen (secondary N) is 2. The van der Waals surface area contributed by atoms with Crippen molar-refractivity contribution in [2.45, 2.75) is 25.7 Å². The molecule has 2 N–H and O–H groups in total. The molecule has 1 heterocycles. The molecule has 0 saturated heterocycles. The summed E-state index contributed by atoms with van der Waals surface area (Å²) in [5, 5.41) is 6.70. The fourth-order valence-corrected chi connectivity index (χ4v) is 5.15. The quantitative estimate of drug-likeness (QED) is 0.362. The van der Waals surface area contributed by atoms with Gasteiger partial charge in [-0.15, -0.1) is 0 Å². The maximum absolute atomic E-state index is 13.3. The van der Waals surface area contributed by atoms with E-state index in [0.717, 1.165) is 11.1 Å². The predicted molar refractivity (Wildman–Crippen MR) is 134 cm³/mol. The summed E-state index contributed by atoms with van der Waals surface area (Å²) >= 11 is 0. The summed E-state index contributed by atoms with van der Waals surface area (Å²) in [7, 11) is -2.64. The summed E-state index contributed by atoms with van der Waals surface area (Å²) in [6.07, 6.45) is 0. The number of hydrogen-bond acceptors (Lipinski definition) is 6. The van der Waals surface area contributed by atoms with Crippen molar-refractivity contribution in [3.63, 3.8) is 0 Å². The van der Waals surface area contributed by atoms with Crippen molar-refractivity contribution in [3.8, 4) is 17.1 Å². The van der Waals surface area contributed by atoms with E-state index in [9.17, 15) is 13.2 Å². The number of methoxy groups -OCH3 is 1. The maximum atomic E-state index is 13.3. The van der Waals surface area contributed by atoms with Crippen LogP contribution in [0.4, 0.5) is 11.4 Å². The van der Waals surface area contributed by atoms with Gasteiger partial charge in [-0.25, -0.2) is 8.42 Å². The lowest BCUT2D eigenvalue weighted by Crippen LogP contribution is -2.17. The Balaban J connectivity index is 1.68. The third-order valence-corrected chi connectivity index (χ3v) is 6.93. The third-order valence-electron chi connectivity index (χ3n) is 5.55. The predicted octanol–water partition coefficient (Wildman–Crippen LogP) is 5.33. The SMILES string of the molecule is COc1ccc(NC(=O)c2c(C)noc2-c2ccccc2)cc1S(=O)(=O)Nc1c(C)cccc1C. The Bertz CT molecular complexity index is 1470. The number of hydrogen-bond donors (Lipinski definition) is 2. The number of carbonyl (C=O) groups excluding carboxylic acids is 1. The summed E-state index contributed by atoms with van der Waals surface area (Å²) in [5.41, 5.74) is 3.73. The summed E-state index contributed by atoms with van der Waals surface area (Å²) in [6.45, 7) is 5.32. The highest BCUT2D eigenvalue weighted by Gasteiger charge is 2.25. The second-order valence-corrected chi connectivity index (χ2v) is 9.68. The Morgan fingerprint density at radius 2 is 1.63 bits per heavy atom. The third kappa shape index (κ3) is 4.90. The molecule has 0 aliphatic carbocycles. The van der Waals surface area contributed by atoms with Crippen LogP contribution in [-0.2, 0) is 10.0 Å². The zero-order valence-corrected chi connectivity index (χ0v) is 20.6. The van der Waals surface area contributed by atoms with Gasteiger partial charge >= 0.3 is 0 Å². The first-order valence-electron chi connectivity index (χ1n) is 10.8. The van der Waals surface area contributed by atoms with Gasteiger partial charge in [0.25, 0.3) is 15.9 Å². The van der Waals surface area contributed by atoms with Crippen LogP contribution in [0.2, 0.25) is 0 Å². The second-order valence-electron chi connectivity index (χ2n) is 8.03. The minimum atomic E-state index is -4.03. The lowest BCUT2D eigenvalue weighted by molar-refractivity contribution is 0.102. The van der Waals surface area contributed by atoms with E-state index in [1.165, 1.54) is 19.2 Å². The highest BCUT2D eigenvalue weighted by Crippen LogP contribution is 2.32. The highest BCUT2D eigenvalue weighted by atomic mass is 32.2. The second kappa shape index (κ2) is 9.63. The molecule has 0 unspecified atom stereocenters. The smallest absolute Gasteiger partial charge is 0.265 e. The van der Waals surface area contributed by atoms with E-state index in [0.29, 0.717) is 22.7 Å². The van der Waals surface area contributed by atoms with Crippen LogP contribution in [0.15, 0.2) is 76.1 Å². The number of para-hydroxylation sites is 1. The maximum Gasteiger partial charge on any atom is 0.265 e. The Labute approximate surface area is 204 Å². The minimum Gasteiger partial charge on any atom is -0.495 e. The molecule has 8 nitrogen and oxygen atoms in total. The van der Waals surface area contributed by atoms with Gasteiger partial charge in [-0.1, -0.05) is 53.7 Å². The van der Waals surface area contributed by atoms with E-state index in [2.05, 4.69) is 15.2 Å². The standard InChI is InChI=1S/C26H25N3O5S/c1-16-9-8-10-17(2)24(16)29-35(31,32)22-15-20(13-14-21(22)33-4)27-26(30)23-18(3)28-34-25(23)19-11-6-5-7-12-19/h5-15,29H,1-4H3,(H,27,30). The number of nitrogens with zero attached hydrogens (tertiary/aromatic N) is 1. The van der Waals surface area contributed by atoms with Gasteiger partial charge in [0.2, 0.25) is 0 Å².